The highest BCUT2D eigenvalue weighted by Crippen LogP contribution is 2.12. The molecule has 1 aliphatic heterocycles. The van der Waals surface area contributed by atoms with Gasteiger partial charge in [-0.3, -0.25) is 4.79 Å². The number of carbonyl (C=O) groups excluding carboxylic acids is 1. The molecule has 0 aromatic heterocycles. The van der Waals surface area contributed by atoms with Crippen LogP contribution in [0.5, 0.6) is 0 Å². The first kappa shape index (κ1) is 14.1. The van der Waals surface area contributed by atoms with E-state index in [2.05, 4.69) is 5.32 Å². The highest BCUT2D eigenvalue weighted by atomic mass is 16.2. The molecule has 1 aromatic carbocycles. The zero-order chi connectivity index (χ0) is 13.5. The van der Waals surface area contributed by atoms with E-state index in [1.54, 1.807) is 0 Å². The van der Waals surface area contributed by atoms with Gasteiger partial charge in [-0.1, -0.05) is 24.6 Å². The number of hydrogen-bond donors (Lipinski definition) is 2. The van der Waals surface area contributed by atoms with Gasteiger partial charge in [-0.2, -0.15) is 0 Å². The number of para-hydroxylation sites is 1. The second-order valence-electron chi connectivity index (χ2n) is 5.56. The Labute approximate surface area is 116 Å². The first-order valence-corrected chi connectivity index (χ1v) is 7.45. The molecule has 1 saturated heterocycles. The smallest absolute Gasteiger partial charge is 0.279 e. The molecule has 19 heavy (non-hydrogen) atoms. The van der Waals surface area contributed by atoms with E-state index in [4.69, 9.17) is 0 Å². The molecule has 0 saturated carbocycles. The maximum Gasteiger partial charge on any atom is 0.279 e. The normalized spacial score (nSPS) is 17.5. The van der Waals surface area contributed by atoms with E-state index in [0.29, 0.717) is 6.54 Å². The summed E-state index contributed by atoms with van der Waals surface area (Å²) in [4.78, 5) is 13.5. The van der Waals surface area contributed by atoms with Crippen LogP contribution in [0.4, 0.5) is 5.69 Å². The zero-order valence-corrected chi connectivity index (χ0v) is 11.9. The summed E-state index contributed by atoms with van der Waals surface area (Å²) >= 11 is 0. The van der Waals surface area contributed by atoms with E-state index >= 15 is 0 Å². The van der Waals surface area contributed by atoms with Crippen molar-refractivity contribution in [3.05, 3.63) is 29.8 Å². The largest absolute Gasteiger partial charge is 0.327 e. The van der Waals surface area contributed by atoms with Gasteiger partial charge in [0.1, 0.15) is 0 Å². The topological polar surface area (TPSA) is 33.5 Å². The van der Waals surface area contributed by atoms with Crippen LogP contribution in [0.25, 0.3) is 0 Å². The molecule has 3 nitrogen and oxygen atoms in total. The molecule has 0 bridgehead atoms. The van der Waals surface area contributed by atoms with Crippen LogP contribution in [-0.2, 0) is 4.79 Å². The van der Waals surface area contributed by atoms with E-state index in [1.165, 1.54) is 37.0 Å². The molecule has 2 N–H and O–H groups in total. The van der Waals surface area contributed by atoms with Gasteiger partial charge in [-0.05, 0) is 44.2 Å². The van der Waals surface area contributed by atoms with Crippen molar-refractivity contribution in [1.29, 1.82) is 0 Å². The van der Waals surface area contributed by atoms with Crippen molar-refractivity contribution in [2.24, 2.45) is 0 Å². The number of quaternary nitrogens is 1. The maximum absolute atomic E-state index is 12.1. The minimum absolute atomic E-state index is 0.143. The quantitative estimate of drug-likeness (QED) is 0.854. The number of aryl methyl sites for hydroxylation is 1. The lowest BCUT2D eigenvalue weighted by molar-refractivity contribution is -0.892. The third-order valence-electron chi connectivity index (χ3n) is 3.89. The number of anilines is 1. The second kappa shape index (κ2) is 7.29. The van der Waals surface area contributed by atoms with Crippen LogP contribution in [0.2, 0.25) is 0 Å². The Morgan fingerprint density at radius 1 is 1.11 bits per heavy atom. The summed E-state index contributed by atoms with van der Waals surface area (Å²) in [6.45, 7) is 4.91. The Morgan fingerprint density at radius 3 is 2.42 bits per heavy atom. The van der Waals surface area contributed by atoms with E-state index in [0.717, 1.165) is 24.3 Å². The molecule has 0 aliphatic carbocycles. The van der Waals surface area contributed by atoms with E-state index < -0.39 is 0 Å². The lowest BCUT2D eigenvalue weighted by Gasteiger charge is -2.21. The Balaban J connectivity index is 1.84. The van der Waals surface area contributed by atoms with Gasteiger partial charge in [-0.25, -0.2) is 0 Å². The summed E-state index contributed by atoms with van der Waals surface area (Å²) in [5.74, 6) is 0.143. The molecular weight excluding hydrogens is 236 g/mol. The van der Waals surface area contributed by atoms with Gasteiger partial charge in [0.15, 0.2) is 6.54 Å². The van der Waals surface area contributed by atoms with Crippen LogP contribution in [-0.4, -0.2) is 25.5 Å². The molecule has 0 atom stereocenters. The van der Waals surface area contributed by atoms with Crippen molar-refractivity contribution in [3.63, 3.8) is 0 Å². The van der Waals surface area contributed by atoms with Crippen molar-refractivity contribution in [2.45, 2.75) is 39.0 Å². The molecule has 1 aliphatic rings. The number of carbonyl (C=O) groups is 1. The highest BCUT2D eigenvalue weighted by molar-refractivity contribution is 5.92. The Kier molecular flexibility index (Phi) is 5.40. The van der Waals surface area contributed by atoms with Gasteiger partial charge in [0.25, 0.3) is 5.91 Å². The zero-order valence-electron chi connectivity index (χ0n) is 11.9. The Bertz CT molecular complexity index is 409. The van der Waals surface area contributed by atoms with Crippen LogP contribution in [0.3, 0.4) is 0 Å². The molecular formula is C16H25N2O+. The third-order valence-corrected chi connectivity index (χ3v) is 3.89. The van der Waals surface area contributed by atoms with E-state index in [-0.39, 0.29) is 5.91 Å². The summed E-state index contributed by atoms with van der Waals surface area (Å²) in [6.07, 6.45) is 6.52. The van der Waals surface area contributed by atoms with Gasteiger partial charge >= 0.3 is 0 Å². The van der Waals surface area contributed by atoms with Crippen LogP contribution >= 0.6 is 0 Å². The number of amides is 1. The maximum atomic E-state index is 12.1. The van der Waals surface area contributed by atoms with Gasteiger partial charge in [-0.15, -0.1) is 0 Å². The molecule has 1 heterocycles. The van der Waals surface area contributed by atoms with Crippen molar-refractivity contribution >= 4 is 11.6 Å². The van der Waals surface area contributed by atoms with Crippen molar-refractivity contribution < 1.29 is 9.69 Å². The SMILES string of the molecule is Cc1ccccc1NC(=O)C[NH+]1CCCCCCC1. The summed E-state index contributed by atoms with van der Waals surface area (Å²) in [7, 11) is 0. The lowest BCUT2D eigenvalue weighted by atomic mass is 10.1. The number of likely N-dealkylation sites (tertiary alicyclic amines) is 1. The van der Waals surface area contributed by atoms with Crippen molar-refractivity contribution in [3.8, 4) is 0 Å². The van der Waals surface area contributed by atoms with Crippen LogP contribution in [0.1, 0.15) is 37.7 Å². The van der Waals surface area contributed by atoms with Crippen LogP contribution in [0.15, 0.2) is 24.3 Å². The average Bonchev–Trinajstić information content (AvgIpc) is 2.35. The number of rotatable bonds is 3. The first-order chi connectivity index (χ1) is 9.25. The van der Waals surface area contributed by atoms with Gasteiger partial charge in [0.05, 0.1) is 13.1 Å². The lowest BCUT2D eigenvalue weighted by Crippen LogP contribution is -3.13. The van der Waals surface area contributed by atoms with E-state index in [9.17, 15) is 4.79 Å². The van der Waals surface area contributed by atoms with Crippen molar-refractivity contribution in [2.75, 3.05) is 25.0 Å². The summed E-state index contributed by atoms with van der Waals surface area (Å²) in [5, 5.41) is 3.03. The minimum Gasteiger partial charge on any atom is -0.327 e. The molecule has 1 aromatic rings. The number of hydrogen-bond acceptors (Lipinski definition) is 1. The Morgan fingerprint density at radius 2 is 1.74 bits per heavy atom. The molecule has 0 spiro atoms. The van der Waals surface area contributed by atoms with Gasteiger partial charge in [0.2, 0.25) is 0 Å². The second-order valence-corrected chi connectivity index (χ2v) is 5.56. The fourth-order valence-electron chi connectivity index (χ4n) is 2.72. The molecule has 3 heteroatoms. The minimum atomic E-state index is 0.143. The standard InChI is InChI=1S/C16H24N2O/c1-14-9-5-6-10-15(14)17-16(19)13-18-11-7-3-2-4-8-12-18/h5-6,9-10H,2-4,7-8,11-13H2,1H3,(H,17,19)/p+1. The van der Waals surface area contributed by atoms with Gasteiger partial charge < -0.3 is 10.2 Å². The molecule has 1 amide bonds. The highest BCUT2D eigenvalue weighted by Gasteiger charge is 2.15. The molecule has 0 unspecified atom stereocenters. The molecule has 104 valence electrons. The molecule has 0 radical (unpaired) electrons. The number of nitrogens with one attached hydrogen (secondary N) is 2. The number of benzene rings is 1. The van der Waals surface area contributed by atoms with E-state index in [1.807, 2.05) is 31.2 Å². The van der Waals surface area contributed by atoms with Crippen LogP contribution < -0.4 is 10.2 Å². The fourth-order valence-corrected chi connectivity index (χ4v) is 2.72. The average molecular weight is 261 g/mol. The first-order valence-electron chi connectivity index (χ1n) is 7.45. The molecule has 2 rings (SSSR count). The van der Waals surface area contributed by atoms with Crippen molar-refractivity contribution in [1.82, 2.24) is 0 Å². The summed E-state index contributed by atoms with van der Waals surface area (Å²) in [5.41, 5.74) is 2.07. The van der Waals surface area contributed by atoms with Gasteiger partial charge in [0, 0.05) is 5.69 Å². The molecule has 1 fully saturated rings. The Hall–Kier alpha value is -1.35. The predicted molar refractivity (Wildman–Crippen MR) is 78.5 cm³/mol. The van der Waals surface area contributed by atoms with Crippen LogP contribution in [0, 0.1) is 6.92 Å². The monoisotopic (exact) mass is 261 g/mol. The fraction of sp³-hybridized carbons (Fsp3) is 0.562. The predicted octanol–water partition coefficient (Wildman–Crippen LogP) is 1.78. The third kappa shape index (κ3) is 4.67. The summed E-state index contributed by atoms with van der Waals surface area (Å²) in [6, 6.07) is 7.95. The summed E-state index contributed by atoms with van der Waals surface area (Å²) < 4.78 is 0.